The summed E-state index contributed by atoms with van der Waals surface area (Å²) < 4.78 is 0. The molecule has 0 rings (SSSR count). The average molecular weight is 268 g/mol. The third-order valence-corrected chi connectivity index (χ3v) is 3.60. The van der Waals surface area contributed by atoms with Crippen molar-refractivity contribution in [3.05, 3.63) is 0 Å². The number of ketones is 2. The van der Waals surface area contributed by atoms with E-state index in [0.29, 0.717) is 12.8 Å². The van der Waals surface area contributed by atoms with Crippen LogP contribution in [0.25, 0.3) is 0 Å². The second-order valence-electron chi connectivity index (χ2n) is 5.54. The predicted molar refractivity (Wildman–Crippen MR) is 81.4 cm³/mol. The van der Waals surface area contributed by atoms with E-state index in [9.17, 15) is 9.59 Å². The van der Waals surface area contributed by atoms with E-state index in [2.05, 4.69) is 6.92 Å². The van der Waals surface area contributed by atoms with Gasteiger partial charge in [0.2, 0.25) is 0 Å². The Bertz CT molecular complexity index is 233. The van der Waals surface area contributed by atoms with E-state index in [1.807, 2.05) is 6.92 Å². The van der Waals surface area contributed by atoms with Gasteiger partial charge in [0.1, 0.15) is 11.6 Å². The number of carbonyl (C=O) groups is 2. The Balaban J connectivity index is 3.18. The summed E-state index contributed by atoms with van der Waals surface area (Å²) in [5.41, 5.74) is 0. The second kappa shape index (κ2) is 13.8. The molecule has 0 unspecified atom stereocenters. The zero-order valence-corrected chi connectivity index (χ0v) is 13.0. The molecule has 0 aliphatic heterocycles. The molecule has 0 atom stereocenters. The molecule has 0 N–H and O–H groups in total. The van der Waals surface area contributed by atoms with E-state index in [0.717, 1.165) is 12.8 Å². The van der Waals surface area contributed by atoms with Gasteiger partial charge in [-0.1, -0.05) is 71.6 Å². The van der Waals surface area contributed by atoms with E-state index >= 15 is 0 Å². The van der Waals surface area contributed by atoms with Crippen molar-refractivity contribution in [3.63, 3.8) is 0 Å². The number of unbranched alkanes of at least 4 members (excludes halogenated alkanes) is 9. The van der Waals surface area contributed by atoms with Crippen LogP contribution in [0.3, 0.4) is 0 Å². The van der Waals surface area contributed by atoms with Gasteiger partial charge in [-0.15, -0.1) is 0 Å². The van der Waals surface area contributed by atoms with Gasteiger partial charge in [0, 0.05) is 12.8 Å². The molecule has 0 aromatic rings. The van der Waals surface area contributed by atoms with E-state index in [4.69, 9.17) is 0 Å². The van der Waals surface area contributed by atoms with E-state index < -0.39 is 0 Å². The third-order valence-electron chi connectivity index (χ3n) is 3.60. The molecular formula is C17H32O2. The van der Waals surface area contributed by atoms with Crippen LogP contribution < -0.4 is 0 Å². The summed E-state index contributed by atoms with van der Waals surface area (Å²) in [6.45, 7) is 4.06. The van der Waals surface area contributed by atoms with Crippen LogP contribution in [0.2, 0.25) is 0 Å². The lowest BCUT2D eigenvalue weighted by molar-refractivity contribution is -0.126. The zero-order chi connectivity index (χ0) is 14.3. The molecule has 0 saturated heterocycles. The van der Waals surface area contributed by atoms with Gasteiger partial charge in [0.15, 0.2) is 0 Å². The maximum absolute atomic E-state index is 11.4. The summed E-state index contributed by atoms with van der Waals surface area (Å²) in [6.07, 6.45) is 14.1. The molecule has 2 heteroatoms. The van der Waals surface area contributed by atoms with Crippen LogP contribution in [0.4, 0.5) is 0 Å². The van der Waals surface area contributed by atoms with Crippen LogP contribution in [0.5, 0.6) is 0 Å². The lowest BCUT2D eigenvalue weighted by Gasteiger charge is -2.02. The topological polar surface area (TPSA) is 34.1 Å². The standard InChI is InChI=1S/C17H32O2/c1-3-5-6-7-8-9-10-11-12-13-14-17(19)15-16(18)4-2/h3-15H2,1-2H3. The highest BCUT2D eigenvalue weighted by molar-refractivity contribution is 5.98. The molecular weight excluding hydrogens is 236 g/mol. The first kappa shape index (κ1) is 18.3. The van der Waals surface area contributed by atoms with Crippen LogP contribution >= 0.6 is 0 Å². The van der Waals surface area contributed by atoms with Crippen molar-refractivity contribution < 1.29 is 9.59 Å². The van der Waals surface area contributed by atoms with Gasteiger partial charge in [-0.3, -0.25) is 9.59 Å². The Morgan fingerprint density at radius 1 is 0.632 bits per heavy atom. The van der Waals surface area contributed by atoms with Crippen LogP contribution in [-0.2, 0) is 9.59 Å². The van der Waals surface area contributed by atoms with Gasteiger partial charge in [0.05, 0.1) is 6.42 Å². The molecule has 0 aliphatic rings. The smallest absolute Gasteiger partial charge is 0.140 e. The second-order valence-corrected chi connectivity index (χ2v) is 5.54. The molecule has 0 heterocycles. The Kier molecular flexibility index (Phi) is 13.3. The number of carbonyl (C=O) groups excluding carboxylic acids is 2. The Morgan fingerprint density at radius 3 is 1.58 bits per heavy atom. The normalized spacial score (nSPS) is 10.6. The summed E-state index contributed by atoms with van der Waals surface area (Å²) in [4.78, 5) is 22.5. The van der Waals surface area contributed by atoms with Gasteiger partial charge in [-0.05, 0) is 6.42 Å². The van der Waals surface area contributed by atoms with Gasteiger partial charge in [-0.25, -0.2) is 0 Å². The molecule has 19 heavy (non-hydrogen) atoms. The first-order chi connectivity index (χ1) is 9.20. The molecule has 2 nitrogen and oxygen atoms in total. The Morgan fingerprint density at radius 2 is 1.11 bits per heavy atom. The Labute approximate surface area is 119 Å². The summed E-state index contributed by atoms with van der Waals surface area (Å²) in [7, 11) is 0. The van der Waals surface area contributed by atoms with Crippen molar-refractivity contribution in [1.82, 2.24) is 0 Å². The quantitative estimate of drug-likeness (QED) is 0.319. The number of hydrogen-bond acceptors (Lipinski definition) is 2. The monoisotopic (exact) mass is 268 g/mol. The molecule has 0 aliphatic carbocycles. The van der Waals surface area contributed by atoms with E-state index in [1.165, 1.54) is 51.4 Å². The minimum Gasteiger partial charge on any atom is -0.299 e. The molecule has 0 aromatic carbocycles. The number of rotatable bonds is 14. The van der Waals surface area contributed by atoms with Crippen LogP contribution in [0.1, 0.15) is 97.3 Å². The SMILES string of the molecule is CCCCCCCCCCCCC(=O)CC(=O)CC. The lowest BCUT2D eigenvalue weighted by Crippen LogP contribution is -2.06. The summed E-state index contributed by atoms with van der Waals surface area (Å²) in [5, 5.41) is 0. The zero-order valence-electron chi connectivity index (χ0n) is 13.0. The maximum Gasteiger partial charge on any atom is 0.140 e. The molecule has 0 saturated carbocycles. The first-order valence-corrected chi connectivity index (χ1v) is 8.24. The van der Waals surface area contributed by atoms with Crippen LogP contribution in [0.15, 0.2) is 0 Å². The van der Waals surface area contributed by atoms with Crippen LogP contribution in [0, 0.1) is 0 Å². The number of hydrogen-bond donors (Lipinski definition) is 0. The van der Waals surface area contributed by atoms with E-state index in [1.54, 1.807) is 0 Å². The fourth-order valence-corrected chi connectivity index (χ4v) is 2.24. The van der Waals surface area contributed by atoms with Gasteiger partial charge in [-0.2, -0.15) is 0 Å². The predicted octanol–water partition coefficient (Wildman–Crippen LogP) is 5.24. The van der Waals surface area contributed by atoms with Crippen molar-refractivity contribution in [2.45, 2.75) is 97.3 Å². The fourth-order valence-electron chi connectivity index (χ4n) is 2.24. The minimum atomic E-state index is 0.0806. The fraction of sp³-hybridized carbons (Fsp3) is 0.882. The number of Topliss-reactive ketones (excluding diaryl/α,β-unsaturated/α-hetero) is 2. The minimum absolute atomic E-state index is 0.0806. The average Bonchev–Trinajstić information content (AvgIpc) is 2.40. The summed E-state index contributed by atoms with van der Waals surface area (Å²) in [5.74, 6) is 0.212. The van der Waals surface area contributed by atoms with Crippen molar-refractivity contribution in [1.29, 1.82) is 0 Å². The Hall–Kier alpha value is -0.660. The maximum atomic E-state index is 11.4. The van der Waals surface area contributed by atoms with E-state index in [-0.39, 0.29) is 18.0 Å². The molecule has 0 radical (unpaired) electrons. The van der Waals surface area contributed by atoms with Crippen molar-refractivity contribution >= 4 is 11.6 Å². The molecule has 112 valence electrons. The van der Waals surface area contributed by atoms with Crippen LogP contribution in [-0.4, -0.2) is 11.6 Å². The lowest BCUT2D eigenvalue weighted by atomic mass is 10.0. The van der Waals surface area contributed by atoms with Gasteiger partial charge in [0.25, 0.3) is 0 Å². The first-order valence-electron chi connectivity index (χ1n) is 8.24. The highest BCUT2D eigenvalue weighted by Gasteiger charge is 2.06. The highest BCUT2D eigenvalue weighted by atomic mass is 16.1. The third kappa shape index (κ3) is 13.6. The molecule has 0 fully saturated rings. The molecule has 0 aromatic heterocycles. The molecule has 0 amide bonds. The molecule has 0 bridgehead atoms. The van der Waals surface area contributed by atoms with Crippen molar-refractivity contribution in [3.8, 4) is 0 Å². The van der Waals surface area contributed by atoms with Gasteiger partial charge < -0.3 is 0 Å². The van der Waals surface area contributed by atoms with Crippen molar-refractivity contribution in [2.24, 2.45) is 0 Å². The molecule has 0 spiro atoms. The summed E-state index contributed by atoms with van der Waals surface area (Å²) in [6, 6.07) is 0. The van der Waals surface area contributed by atoms with Gasteiger partial charge >= 0.3 is 0 Å². The highest BCUT2D eigenvalue weighted by Crippen LogP contribution is 2.11. The largest absolute Gasteiger partial charge is 0.299 e. The van der Waals surface area contributed by atoms with Crippen molar-refractivity contribution in [2.75, 3.05) is 0 Å². The summed E-state index contributed by atoms with van der Waals surface area (Å²) >= 11 is 0.